The summed E-state index contributed by atoms with van der Waals surface area (Å²) in [6.45, 7) is 3.76. The van der Waals surface area contributed by atoms with Crippen LogP contribution in [0.2, 0.25) is 0 Å². The average Bonchev–Trinajstić information content (AvgIpc) is 3.82. The van der Waals surface area contributed by atoms with Crippen molar-refractivity contribution in [1.82, 2.24) is 16.0 Å². The fourth-order valence-corrected chi connectivity index (χ4v) is 4.71. The minimum Gasteiger partial charge on any atom is -0.497 e. The maximum absolute atomic E-state index is 12.6. The molecule has 2 unspecified atom stereocenters. The molecule has 0 aromatic heterocycles. The molecule has 9 heteroatoms. The summed E-state index contributed by atoms with van der Waals surface area (Å²) in [5.74, 6) is -0.544. The fraction of sp³-hybridized carbons (Fsp3) is 0.294. The van der Waals surface area contributed by atoms with Crippen LogP contribution in [0.4, 0.5) is 0 Å². The minimum absolute atomic E-state index is 0.183. The van der Waals surface area contributed by atoms with E-state index in [1.807, 2.05) is 85.8 Å². The molecule has 3 aromatic rings. The van der Waals surface area contributed by atoms with Crippen molar-refractivity contribution in [3.05, 3.63) is 107 Å². The monoisotopic (exact) mass is 583 g/mol. The first-order chi connectivity index (χ1) is 20.7. The van der Waals surface area contributed by atoms with E-state index in [1.165, 1.54) is 5.56 Å². The lowest BCUT2D eigenvalue weighted by atomic mass is 10.0. The zero-order valence-corrected chi connectivity index (χ0v) is 24.6. The van der Waals surface area contributed by atoms with Gasteiger partial charge in [0, 0.05) is 12.0 Å². The van der Waals surface area contributed by atoms with Gasteiger partial charge in [0.05, 0.1) is 32.8 Å². The lowest BCUT2D eigenvalue weighted by molar-refractivity contribution is -0.129. The molecule has 1 heterocycles. The third kappa shape index (κ3) is 9.11. The van der Waals surface area contributed by atoms with Gasteiger partial charge in [-0.15, -0.1) is 0 Å². The summed E-state index contributed by atoms with van der Waals surface area (Å²) in [5, 5.41) is 7.79. The van der Waals surface area contributed by atoms with Crippen LogP contribution in [0, 0.1) is 6.92 Å². The Labute approximate surface area is 251 Å². The van der Waals surface area contributed by atoms with Gasteiger partial charge in [-0.05, 0) is 54.7 Å². The highest BCUT2D eigenvalue weighted by Gasteiger charge is 2.37. The number of nitrogens with one attached hydrogen (secondary N) is 3. The predicted molar refractivity (Wildman–Crippen MR) is 163 cm³/mol. The van der Waals surface area contributed by atoms with Crippen LogP contribution in [-0.4, -0.2) is 62.5 Å². The van der Waals surface area contributed by atoms with Gasteiger partial charge in [0.2, 0.25) is 17.7 Å². The smallest absolute Gasteiger partial charge is 0.248 e. The largest absolute Gasteiger partial charge is 0.497 e. The number of carbonyl (C=O) groups is 4. The summed E-state index contributed by atoms with van der Waals surface area (Å²) in [6.07, 6.45) is 0.379. The molecule has 0 bridgehead atoms. The molecule has 3 N–H and O–H groups in total. The highest BCUT2D eigenvalue weighted by atomic mass is 16.6. The normalized spacial score (nSPS) is 15.3. The van der Waals surface area contributed by atoms with Gasteiger partial charge in [0.15, 0.2) is 5.78 Å². The van der Waals surface area contributed by atoms with E-state index in [0.29, 0.717) is 25.0 Å². The molecule has 43 heavy (non-hydrogen) atoms. The van der Waals surface area contributed by atoms with Crippen LogP contribution in [-0.2, 0) is 36.8 Å². The van der Waals surface area contributed by atoms with Crippen LogP contribution in [0.3, 0.4) is 0 Å². The number of allylic oxidation sites excluding steroid dienone is 1. The number of rotatable bonds is 11. The van der Waals surface area contributed by atoms with Crippen molar-refractivity contribution in [1.29, 1.82) is 0 Å². The van der Waals surface area contributed by atoms with Gasteiger partial charge in [0.1, 0.15) is 11.9 Å². The Morgan fingerprint density at radius 2 is 1.51 bits per heavy atom. The molecule has 0 saturated carbocycles. The highest BCUT2D eigenvalue weighted by Crippen LogP contribution is 2.32. The van der Waals surface area contributed by atoms with Crippen LogP contribution in [0.5, 0.6) is 5.75 Å². The molecule has 0 spiro atoms. The molecule has 9 nitrogen and oxygen atoms in total. The van der Waals surface area contributed by atoms with E-state index in [4.69, 9.17) is 9.47 Å². The minimum atomic E-state index is -0.738. The molecule has 2 aliphatic rings. The van der Waals surface area contributed by atoms with Gasteiger partial charge in [0.25, 0.3) is 0 Å². The third-order valence-corrected chi connectivity index (χ3v) is 7.24. The van der Waals surface area contributed by atoms with Crippen molar-refractivity contribution in [3.8, 4) is 5.75 Å². The SMILES string of the molecule is CC1=C(C(=O)NCC(=O)NCC(=O)NC(Cc2ccccc2)C(=O)C2CO2)Cc2ccccc21.COc1ccc(C)cc1. The van der Waals surface area contributed by atoms with E-state index >= 15 is 0 Å². The van der Waals surface area contributed by atoms with Crippen LogP contribution in [0.15, 0.2) is 84.4 Å². The van der Waals surface area contributed by atoms with E-state index in [1.54, 1.807) is 7.11 Å². The van der Waals surface area contributed by atoms with Crippen LogP contribution < -0.4 is 20.7 Å². The summed E-state index contributed by atoms with van der Waals surface area (Å²) in [4.78, 5) is 49.7. The molecule has 1 fully saturated rings. The highest BCUT2D eigenvalue weighted by molar-refractivity contribution is 6.05. The molecule has 5 rings (SSSR count). The van der Waals surface area contributed by atoms with E-state index in [-0.39, 0.29) is 24.8 Å². The van der Waals surface area contributed by atoms with Gasteiger partial charge in [-0.2, -0.15) is 0 Å². The number of ketones is 1. The first-order valence-electron chi connectivity index (χ1n) is 14.2. The molecule has 3 amide bonds. The summed E-state index contributed by atoms with van der Waals surface area (Å²) in [7, 11) is 1.67. The quantitative estimate of drug-likeness (QED) is 0.298. The Morgan fingerprint density at radius 3 is 2.16 bits per heavy atom. The second-order valence-corrected chi connectivity index (χ2v) is 10.4. The van der Waals surface area contributed by atoms with E-state index in [9.17, 15) is 19.2 Å². The van der Waals surface area contributed by atoms with Crippen molar-refractivity contribution < 1.29 is 28.7 Å². The van der Waals surface area contributed by atoms with Crippen LogP contribution in [0.1, 0.15) is 29.2 Å². The van der Waals surface area contributed by atoms with Gasteiger partial charge >= 0.3 is 0 Å². The van der Waals surface area contributed by atoms with Crippen molar-refractivity contribution in [2.75, 3.05) is 26.8 Å². The molecule has 3 aromatic carbocycles. The Morgan fingerprint density at radius 1 is 0.860 bits per heavy atom. The maximum atomic E-state index is 12.6. The summed E-state index contributed by atoms with van der Waals surface area (Å²) < 4.78 is 10.0. The Bertz CT molecular complexity index is 1480. The Balaban J connectivity index is 0.000000403. The lowest BCUT2D eigenvalue weighted by Crippen LogP contribution is -2.49. The third-order valence-electron chi connectivity index (χ3n) is 7.24. The fourth-order valence-electron chi connectivity index (χ4n) is 4.71. The first kappa shape index (κ1) is 31.2. The molecule has 1 saturated heterocycles. The van der Waals surface area contributed by atoms with Gasteiger partial charge in [-0.25, -0.2) is 0 Å². The van der Waals surface area contributed by atoms with Crippen molar-refractivity contribution in [2.45, 2.75) is 38.8 Å². The number of benzene rings is 3. The number of carbonyl (C=O) groups excluding carboxylic acids is 4. The van der Waals surface area contributed by atoms with E-state index in [0.717, 1.165) is 28.0 Å². The van der Waals surface area contributed by atoms with Gasteiger partial charge < -0.3 is 25.4 Å². The number of amides is 3. The van der Waals surface area contributed by atoms with Crippen molar-refractivity contribution in [3.63, 3.8) is 0 Å². The number of aryl methyl sites for hydroxylation is 1. The number of methoxy groups -OCH3 is 1. The van der Waals surface area contributed by atoms with Crippen molar-refractivity contribution in [2.24, 2.45) is 0 Å². The van der Waals surface area contributed by atoms with Crippen molar-refractivity contribution >= 4 is 29.1 Å². The topological polar surface area (TPSA) is 126 Å². The molecule has 1 aliphatic heterocycles. The molecule has 2 atom stereocenters. The van der Waals surface area contributed by atoms with Gasteiger partial charge in [-0.1, -0.05) is 72.3 Å². The summed E-state index contributed by atoms with van der Waals surface area (Å²) >= 11 is 0. The average molecular weight is 584 g/mol. The standard InChI is InChI=1S/C26H27N3O5.C8H10O/c1-16-19-10-6-5-9-18(19)12-20(16)26(33)28-13-23(30)27-14-24(31)29-21(25(32)22-15-34-22)11-17-7-3-2-4-8-17;1-7-3-5-8(9-2)6-4-7/h2-10,21-22H,11-15H2,1H3,(H,27,30)(H,28,33)(H,29,31);3-6H,1-2H3. The van der Waals surface area contributed by atoms with Crippen LogP contribution >= 0.6 is 0 Å². The Hall–Kier alpha value is -4.76. The number of Topliss-reactive ketones (excluding diaryl/α,β-unsaturated/α-hetero) is 1. The molecular weight excluding hydrogens is 546 g/mol. The zero-order valence-electron chi connectivity index (χ0n) is 24.6. The van der Waals surface area contributed by atoms with Crippen LogP contribution in [0.25, 0.3) is 5.57 Å². The number of hydrogen-bond donors (Lipinski definition) is 3. The number of fused-ring (bicyclic) bond motifs is 1. The molecular formula is C34H37N3O6. The van der Waals surface area contributed by atoms with E-state index in [2.05, 4.69) is 22.9 Å². The zero-order chi connectivity index (χ0) is 30.8. The predicted octanol–water partition coefficient (Wildman–Crippen LogP) is 2.95. The Kier molecular flexibility index (Phi) is 10.8. The number of hydrogen-bond acceptors (Lipinski definition) is 6. The second kappa shape index (κ2) is 14.9. The summed E-state index contributed by atoms with van der Waals surface area (Å²) in [5.41, 5.74) is 5.84. The number of ether oxygens (including phenoxy) is 2. The summed E-state index contributed by atoms with van der Waals surface area (Å²) in [6, 6.07) is 24.4. The first-order valence-corrected chi connectivity index (χ1v) is 14.2. The van der Waals surface area contributed by atoms with E-state index < -0.39 is 24.0 Å². The second-order valence-electron chi connectivity index (χ2n) is 10.4. The molecule has 0 radical (unpaired) electrons. The molecule has 1 aliphatic carbocycles. The lowest BCUT2D eigenvalue weighted by Gasteiger charge is -2.17. The van der Waals surface area contributed by atoms with Gasteiger partial charge in [-0.3, -0.25) is 19.2 Å². The number of epoxide rings is 1. The maximum Gasteiger partial charge on any atom is 0.248 e. The molecule has 224 valence electrons.